The number of piperidine rings is 1. The van der Waals surface area contributed by atoms with E-state index in [1.807, 2.05) is 18.2 Å². The van der Waals surface area contributed by atoms with Gasteiger partial charge in [0.15, 0.2) is 0 Å². The molecule has 31 heavy (non-hydrogen) atoms. The van der Waals surface area contributed by atoms with E-state index >= 15 is 0 Å². The fraction of sp³-hybridized carbons (Fsp3) is 0.609. The summed E-state index contributed by atoms with van der Waals surface area (Å²) in [5.41, 5.74) is 8.56. The fourth-order valence-electron chi connectivity index (χ4n) is 5.62. The van der Waals surface area contributed by atoms with Gasteiger partial charge in [0.05, 0.1) is 12.2 Å². The van der Waals surface area contributed by atoms with Crippen LogP contribution in [0.3, 0.4) is 0 Å². The summed E-state index contributed by atoms with van der Waals surface area (Å²) in [4.78, 5) is 38.6. The number of rotatable bonds is 6. The summed E-state index contributed by atoms with van der Waals surface area (Å²) >= 11 is 0. The van der Waals surface area contributed by atoms with E-state index in [1.165, 1.54) is 0 Å². The van der Waals surface area contributed by atoms with Gasteiger partial charge in [0, 0.05) is 43.6 Å². The van der Waals surface area contributed by atoms with Crippen molar-refractivity contribution < 1.29 is 19.1 Å². The lowest BCUT2D eigenvalue weighted by molar-refractivity contribution is -0.176. The Bertz CT molecular complexity index is 906. The summed E-state index contributed by atoms with van der Waals surface area (Å²) in [5.74, 6) is -0.765. The highest BCUT2D eigenvalue weighted by Crippen LogP contribution is 2.48. The van der Waals surface area contributed by atoms with Crippen LogP contribution in [-0.4, -0.2) is 54.0 Å². The van der Waals surface area contributed by atoms with Crippen LogP contribution in [0.5, 0.6) is 0 Å². The van der Waals surface area contributed by atoms with Crippen LogP contribution in [0.25, 0.3) is 0 Å². The lowest BCUT2D eigenvalue weighted by Gasteiger charge is -2.53. The third kappa shape index (κ3) is 3.56. The molecule has 8 nitrogen and oxygen atoms in total. The molecule has 6 rings (SSSR count). The topological polar surface area (TPSA) is 114 Å². The van der Waals surface area contributed by atoms with Crippen molar-refractivity contribution in [3.8, 4) is 0 Å². The van der Waals surface area contributed by atoms with Crippen LogP contribution in [-0.2, 0) is 27.4 Å². The molecule has 0 radical (unpaired) electrons. The SMILES string of the molecule is NCC12CCC(CNCc3cccc4c3C(=O)N(C3CCC(=O)NC3=O)C4)(CC1)CO2. The van der Waals surface area contributed by atoms with Crippen molar-refractivity contribution in [1.82, 2.24) is 15.5 Å². The molecule has 8 heteroatoms. The maximum Gasteiger partial charge on any atom is 0.255 e. The van der Waals surface area contributed by atoms with E-state index in [4.69, 9.17) is 10.5 Å². The zero-order chi connectivity index (χ0) is 21.6. The van der Waals surface area contributed by atoms with Gasteiger partial charge in [-0.15, -0.1) is 0 Å². The minimum absolute atomic E-state index is 0.103. The molecule has 0 aromatic heterocycles. The molecule has 1 aromatic rings. The third-order valence-electron chi connectivity index (χ3n) is 7.73. The zero-order valence-corrected chi connectivity index (χ0v) is 17.7. The van der Waals surface area contributed by atoms with Gasteiger partial charge < -0.3 is 20.7 Å². The Labute approximate surface area is 181 Å². The van der Waals surface area contributed by atoms with Gasteiger partial charge in [-0.3, -0.25) is 19.7 Å². The fourth-order valence-corrected chi connectivity index (χ4v) is 5.62. The highest BCUT2D eigenvalue weighted by atomic mass is 16.5. The van der Waals surface area contributed by atoms with E-state index in [0.717, 1.165) is 50.0 Å². The van der Waals surface area contributed by atoms with Crippen LogP contribution in [0.2, 0.25) is 0 Å². The lowest BCUT2D eigenvalue weighted by Crippen LogP contribution is -2.57. The molecule has 1 unspecified atom stereocenters. The molecule has 4 N–H and O–H groups in total. The van der Waals surface area contributed by atoms with E-state index < -0.39 is 6.04 Å². The second-order valence-corrected chi connectivity index (χ2v) is 9.63. The summed E-state index contributed by atoms with van der Waals surface area (Å²) in [7, 11) is 0. The van der Waals surface area contributed by atoms with E-state index in [9.17, 15) is 14.4 Å². The van der Waals surface area contributed by atoms with E-state index in [-0.39, 0.29) is 35.2 Å². The number of imide groups is 1. The highest BCUT2D eigenvalue weighted by Gasteiger charge is 2.48. The summed E-state index contributed by atoms with van der Waals surface area (Å²) in [5, 5.41) is 5.93. The number of hydrogen-bond donors (Lipinski definition) is 3. The first-order chi connectivity index (χ1) is 14.9. The van der Waals surface area contributed by atoms with Crippen LogP contribution in [0.15, 0.2) is 18.2 Å². The number of nitrogens with two attached hydrogens (primary N) is 1. The minimum Gasteiger partial charge on any atom is -0.373 e. The van der Waals surface area contributed by atoms with Gasteiger partial charge in [-0.2, -0.15) is 0 Å². The van der Waals surface area contributed by atoms with E-state index in [2.05, 4.69) is 10.6 Å². The maximum atomic E-state index is 13.2. The van der Waals surface area contributed by atoms with Gasteiger partial charge in [-0.25, -0.2) is 0 Å². The average molecular weight is 427 g/mol. The predicted octanol–water partition coefficient (Wildman–Crippen LogP) is 0.825. The first-order valence-corrected chi connectivity index (χ1v) is 11.2. The summed E-state index contributed by atoms with van der Waals surface area (Å²) in [6, 6.07) is 5.31. The smallest absolute Gasteiger partial charge is 0.255 e. The first kappa shape index (κ1) is 20.6. The molecule has 1 saturated carbocycles. The zero-order valence-electron chi connectivity index (χ0n) is 17.7. The minimum atomic E-state index is -0.582. The highest BCUT2D eigenvalue weighted by molar-refractivity contribution is 6.05. The van der Waals surface area contributed by atoms with Gasteiger partial charge in [0.2, 0.25) is 11.8 Å². The summed E-state index contributed by atoms with van der Waals surface area (Å²) in [6.07, 6.45) is 4.92. The number of carbonyl (C=O) groups excluding carboxylic acids is 3. The third-order valence-corrected chi connectivity index (χ3v) is 7.73. The Hall–Kier alpha value is -2.29. The van der Waals surface area contributed by atoms with Gasteiger partial charge in [-0.05, 0) is 43.2 Å². The Balaban J connectivity index is 1.25. The van der Waals surface area contributed by atoms with E-state index in [0.29, 0.717) is 31.6 Å². The number of benzene rings is 1. The molecule has 1 aromatic carbocycles. The molecule has 3 amide bonds. The number of amides is 3. The molecule has 4 heterocycles. The number of nitrogens with zero attached hydrogens (tertiary/aromatic N) is 1. The second-order valence-electron chi connectivity index (χ2n) is 9.63. The van der Waals surface area contributed by atoms with Crippen molar-refractivity contribution in [2.24, 2.45) is 11.1 Å². The molecule has 2 bridgehead atoms. The number of ether oxygens (including phenoxy) is 1. The van der Waals surface area contributed by atoms with Crippen molar-refractivity contribution in [2.45, 2.75) is 63.3 Å². The monoisotopic (exact) mass is 426 g/mol. The van der Waals surface area contributed by atoms with Crippen LogP contribution in [0.4, 0.5) is 0 Å². The van der Waals surface area contributed by atoms with Gasteiger partial charge in [0.25, 0.3) is 5.91 Å². The van der Waals surface area contributed by atoms with Gasteiger partial charge >= 0.3 is 0 Å². The first-order valence-electron chi connectivity index (χ1n) is 11.2. The summed E-state index contributed by atoms with van der Waals surface area (Å²) < 4.78 is 6.12. The van der Waals surface area contributed by atoms with Gasteiger partial charge in [-0.1, -0.05) is 18.2 Å². The Kier molecular flexibility index (Phi) is 5.11. The van der Waals surface area contributed by atoms with Crippen molar-refractivity contribution in [3.05, 3.63) is 34.9 Å². The Morgan fingerprint density at radius 3 is 2.68 bits per heavy atom. The van der Waals surface area contributed by atoms with Crippen LogP contribution >= 0.6 is 0 Å². The second kappa shape index (κ2) is 7.69. The standard InChI is InChI=1S/C23H30N4O4/c24-12-23-8-6-22(7-9-23,14-31-23)13-25-10-15-2-1-3-16-11-27(21(30)19(15)16)17-4-5-18(28)26-20(17)29/h1-3,17,25H,4-14,24H2,(H,26,28,29). The van der Waals surface area contributed by atoms with Crippen molar-refractivity contribution in [1.29, 1.82) is 0 Å². The number of hydrogen-bond acceptors (Lipinski definition) is 6. The van der Waals surface area contributed by atoms with Crippen LogP contribution in [0, 0.1) is 5.41 Å². The number of carbonyl (C=O) groups is 3. The maximum absolute atomic E-state index is 13.2. The largest absolute Gasteiger partial charge is 0.373 e. The number of nitrogens with one attached hydrogen (secondary N) is 2. The van der Waals surface area contributed by atoms with Gasteiger partial charge in [0.1, 0.15) is 6.04 Å². The van der Waals surface area contributed by atoms with Crippen molar-refractivity contribution >= 4 is 17.7 Å². The molecule has 3 saturated heterocycles. The van der Waals surface area contributed by atoms with E-state index in [1.54, 1.807) is 4.90 Å². The molecule has 166 valence electrons. The van der Waals surface area contributed by atoms with Crippen molar-refractivity contribution in [3.63, 3.8) is 0 Å². The number of fused-ring (bicyclic) bond motifs is 4. The molecule has 1 aliphatic carbocycles. The average Bonchev–Trinajstić information content (AvgIpc) is 3.12. The molecule has 1 atom stereocenters. The lowest BCUT2D eigenvalue weighted by atomic mass is 9.66. The van der Waals surface area contributed by atoms with Crippen LogP contribution in [0.1, 0.15) is 60.0 Å². The Morgan fingerprint density at radius 2 is 2.00 bits per heavy atom. The quantitative estimate of drug-likeness (QED) is 0.581. The molecular weight excluding hydrogens is 396 g/mol. The predicted molar refractivity (Wildman–Crippen MR) is 113 cm³/mol. The molecular formula is C23H30N4O4. The Morgan fingerprint density at radius 1 is 1.19 bits per heavy atom. The molecule has 4 fully saturated rings. The molecule has 0 spiro atoms. The molecule has 5 aliphatic rings. The normalized spacial score (nSPS) is 32.4. The van der Waals surface area contributed by atoms with Crippen molar-refractivity contribution in [2.75, 3.05) is 19.7 Å². The van der Waals surface area contributed by atoms with Crippen LogP contribution < -0.4 is 16.4 Å². The summed E-state index contributed by atoms with van der Waals surface area (Å²) in [6.45, 7) is 3.20. The molecule has 4 aliphatic heterocycles.